The highest BCUT2D eigenvalue weighted by molar-refractivity contribution is 6.30. The predicted molar refractivity (Wildman–Crippen MR) is 112 cm³/mol. The first-order chi connectivity index (χ1) is 16.0. The molecule has 3 aliphatic rings. The molecule has 1 saturated heterocycles. The minimum Gasteiger partial charge on any atom is -0.484 e. The average Bonchev–Trinajstić information content (AvgIpc) is 3.06. The fourth-order valence-electron chi connectivity index (χ4n) is 4.59. The number of alkyl halides is 3. The molecule has 0 bridgehead atoms. The molecule has 2 saturated carbocycles. The Labute approximate surface area is 198 Å². The summed E-state index contributed by atoms with van der Waals surface area (Å²) in [6, 6.07) is 3.91. The first-order valence-corrected chi connectivity index (χ1v) is 11.5. The molecule has 1 aromatic carbocycles. The molecule has 1 heterocycles. The molecular weight excluding hydrogens is 484 g/mol. The smallest absolute Gasteiger partial charge is 0.484 e. The summed E-state index contributed by atoms with van der Waals surface area (Å²) in [7, 11) is 0. The van der Waals surface area contributed by atoms with Gasteiger partial charge in [-0.25, -0.2) is 9.18 Å². The predicted octanol–water partition coefficient (Wildman–Crippen LogP) is 4.42. The van der Waals surface area contributed by atoms with E-state index in [-0.39, 0.29) is 42.0 Å². The number of carbonyl (C=O) groups excluding carboxylic acids is 2. The Morgan fingerprint density at radius 2 is 2.03 bits per heavy atom. The van der Waals surface area contributed by atoms with E-state index < -0.39 is 36.0 Å². The topological polar surface area (TPSA) is 77.1 Å². The van der Waals surface area contributed by atoms with Gasteiger partial charge >= 0.3 is 12.5 Å². The summed E-state index contributed by atoms with van der Waals surface area (Å²) in [6.07, 6.45) is -3.17. The molecule has 3 fully saturated rings. The van der Waals surface area contributed by atoms with Crippen LogP contribution in [0.1, 0.15) is 38.5 Å². The van der Waals surface area contributed by atoms with E-state index in [1.165, 1.54) is 17.0 Å². The Morgan fingerprint density at radius 1 is 1.29 bits per heavy atom. The van der Waals surface area contributed by atoms with Gasteiger partial charge in [-0.05, 0) is 50.7 Å². The number of benzene rings is 1. The molecule has 0 radical (unpaired) electrons. The average molecular weight is 509 g/mol. The van der Waals surface area contributed by atoms with Gasteiger partial charge in [0.15, 0.2) is 6.61 Å². The number of rotatable bonds is 9. The molecule has 1 atom stereocenters. The van der Waals surface area contributed by atoms with Crippen LogP contribution in [0.15, 0.2) is 18.2 Å². The van der Waals surface area contributed by atoms with Crippen LogP contribution in [0.3, 0.4) is 0 Å². The Balaban J connectivity index is 1.21. The van der Waals surface area contributed by atoms with Gasteiger partial charge in [0.2, 0.25) is 0 Å². The number of halogens is 5. The second-order valence-corrected chi connectivity index (χ2v) is 9.49. The highest BCUT2D eigenvalue weighted by Crippen LogP contribution is 2.40. The summed E-state index contributed by atoms with van der Waals surface area (Å²) >= 11 is 5.63. The molecule has 12 heteroatoms. The van der Waals surface area contributed by atoms with Crippen molar-refractivity contribution >= 4 is 23.6 Å². The first-order valence-electron chi connectivity index (χ1n) is 11.1. The van der Waals surface area contributed by atoms with Crippen molar-refractivity contribution in [3.8, 4) is 5.75 Å². The van der Waals surface area contributed by atoms with Gasteiger partial charge in [0, 0.05) is 24.1 Å². The van der Waals surface area contributed by atoms with Gasteiger partial charge in [0.05, 0.1) is 17.7 Å². The number of hydrogen-bond donors (Lipinski definition) is 1. The Hall–Kier alpha value is -2.27. The molecule has 0 spiro atoms. The molecule has 34 heavy (non-hydrogen) atoms. The van der Waals surface area contributed by atoms with Crippen molar-refractivity contribution in [2.75, 3.05) is 19.7 Å². The standard InChI is InChI=1S/C22H25ClF4N2O5/c23-16-3-2-14(10-17(16)24)32-12-19(30)28-21(4-1-5-21)6-7-29-11-18(33-20(29)31)13-8-15(9-13)34-22(25,26)27/h2-3,10,13,15,18H,1,4-9,11-12H2,(H,28,30)/t13?,15?,18-/m0/s1. The van der Waals surface area contributed by atoms with Crippen LogP contribution in [0, 0.1) is 11.7 Å². The molecule has 188 valence electrons. The van der Waals surface area contributed by atoms with Gasteiger partial charge in [-0.2, -0.15) is 0 Å². The summed E-state index contributed by atoms with van der Waals surface area (Å²) in [5.74, 6) is -0.976. The lowest BCUT2D eigenvalue weighted by atomic mass is 9.74. The Morgan fingerprint density at radius 3 is 2.65 bits per heavy atom. The molecular formula is C22H25ClF4N2O5. The Kier molecular flexibility index (Phi) is 7.14. The lowest BCUT2D eigenvalue weighted by Crippen LogP contribution is -2.56. The largest absolute Gasteiger partial charge is 0.522 e. The van der Waals surface area contributed by atoms with Gasteiger partial charge in [-0.15, -0.1) is 13.2 Å². The molecule has 1 aromatic rings. The van der Waals surface area contributed by atoms with E-state index in [0.29, 0.717) is 19.5 Å². The van der Waals surface area contributed by atoms with Crippen molar-refractivity contribution in [1.29, 1.82) is 0 Å². The minimum atomic E-state index is -4.66. The number of hydrogen-bond acceptors (Lipinski definition) is 5. The third kappa shape index (κ3) is 6.04. The number of nitrogens with zero attached hydrogens (tertiary/aromatic N) is 1. The maximum atomic E-state index is 13.5. The van der Waals surface area contributed by atoms with Gasteiger partial charge in [-0.3, -0.25) is 9.53 Å². The van der Waals surface area contributed by atoms with Crippen molar-refractivity contribution in [2.24, 2.45) is 5.92 Å². The van der Waals surface area contributed by atoms with E-state index in [1.54, 1.807) is 0 Å². The van der Waals surface area contributed by atoms with Crippen LogP contribution < -0.4 is 10.1 Å². The summed E-state index contributed by atoms with van der Waals surface area (Å²) < 4.78 is 65.1. The highest BCUT2D eigenvalue weighted by Gasteiger charge is 2.47. The van der Waals surface area contributed by atoms with Crippen molar-refractivity contribution in [3.05, 3.63) is 29.0 Å². The minimum absolute atomic E-state index is 0.0420. The van der Waals surface area contributed by atoms with Crippen LogP contribution in [0.2, 0.25) is 5.02 Å². The second-order valence-electron chi connectivity index (χ2n) is 9.08. The maximum absolute atomic E-state index is 13.5. The van der Waals surface area contributed by atoms with E-state index >= 15 is 0 Å². The molecule has 1 aliphatic heterocycles. The van der Waals surface area contributed by atoms with Crippen LogP contribution in [0.5, 0.6) is 5.75 Å². The van der Waals surface area contributed by atoms with Crippen molar-refractivity contribution in [2.45, 2.75) is 62.6 Å². The normalized spacial score (nSPS) is 25.9. The van der Waals surface area contributed by atoms with Gasteiger partial charge in [-0.1, -0.05) is 11.6 Å². The van der Waals surface area contributed by atoms with Gasteiger partial charge < -0.3 is 19.7 Å². The highest BCUT2D eigenvalue weighted by atomic mass is 35.5. The van der Waals surface area contributed by atoms with Crippen molar-refractivity contribution in [1.82, 2.24) is 10.2 Å². The lowest BCUT2D eigenvalue weighted by Gasteiger charge is -2.43. The van der Waals surface area contributed by atoms with E-state index in [9.17, 15) is 27.2 Å². The van der Waals surface area contributed by atoms with Gasteiger partial charge in [0.1, 0.15) is 17.7 Å². The zero-order chi connectivity index (χ0) is 24.5. The van der Waals surface area contributed by atoms with Gasteiger partial charge in [0.25, 0.3) is 5.91 Å². The van der Waals surface area contributed by atoms with Crippen LogP contribution in [-0.2, 0) is 14.3 Å². The summed E-state index contributed by atoms with van der Waals surface area (Å²) in [6.45, 7) is 0.366. The zero-order valence-corrected chi connectivity index (χ0v) is 19.0. The zero-order valence-electron chi connectivity index (χ0n) is 18.2. The summed E-state index contributed by atoms with van der Waals surface area (Å²) in [5, 5.41) is 2.92. The maximum Gasteiger partial charge on any atom is 0.522 e. The van der Waals surface area contributed by atoms with Crippen LogP contribution in [-0.4, -0.2) is 60.7 Å². The lowest BCUT2D eigenvalue weighted by molar-refractivity contribution is -0.355. The third-order valence-corrected chi connectivity index (χ3v) is 7.01. The van der Waals surface area contributed by atoms with E-state index in [4.69, 9.17) is 21.1 Å². The fourth-order valence-corrected chi connectivity index (χ4v) is 4.71. The van der Waals surface area contributed by atoms with E-state index in [0.717, 1.165) is 25.3 Å². The summed E-state index contributed by atoms with van der Waals surface area (Å²) in [5.41, 5.74) is -0.466. The number of nitrogens with one attached hydrogen (secondary N) is 1. The van der Waals surface area contributed by atoms with E-state index in [2.05, 4.69) is 10.1 Å². The fraction of sp³-hybridized carbons (Fsp3) is 0.636. The molecule has 4 rings (SSSR count). The second kappa shape index (κ2) is 9.77. The number of carbonyl (C=O) groups is 2. The first kappa shape index (κ1) is 24.8. The third-order valence-electron chi connectivity index (χ3n) is 6.70. The monoisotopic (exact) mass is 508 g/mol. The molecule has 0 aromatic heterocycles. The molecule has 2 aliphatic carbocycles. The molecule has 0 unspecified atom stereocenters. The van der Waals surface area contributed by atoms with Crippen molar-refractivity contribution < 1.29 is 41.4 Å². The molecule has 2 amide bonds. The molecule has 7 nitrogen and oxygen atoms in total. The number of amides is 2. The van der Waals surface area contributed by atoms with Crippen molar-refractivity contribution in [3.63, 3.8) is 0 Å². The Bertz CT molecular complexity index is 921. The quantitative estimate of drug-likeness (QED) is 0.500. The molecule has 1 N–H and O–H groups in total. The van der Waals surface area contributed by atoms with Crippen LogP contribution in [0.25, 0.3) is 0 Å². The SMILES string of the molecule is O=C(COc1ccc(Cl)c(F)c1)NC1(CCN2C[C@@H](C3CC(OC(F)(F)F)C3)OC2=O)CCC1. The van der Waals surface area contributed by atoms with Crippen LogP contribution in [0.4, 0.5) is 22.4 Å². The van der Waals surface area contributed by atoms with Crippen LogP contribution >= 0.6 is 11.6 Å². The van der Waals surface area contributed by atoms with E-state index in [1.807, 2.05) is 0 Å². The summed E-state index contributed by atoms with van der Waals surface area (Å²) in [4.78, 5) is 26.2. The number of cyclic esters (lactones) is 1. The number of ether oxygens (including phenoxy) is 3.